The Balaban J connectivity index is 1.79. The molecule has 1 amide bonds. The number of aromatic nitrogens is 1. The van der Waals surface area contributed by atoms with Crippen LogP contribution < -0.4 is 5.32 Å². The number of nitrogens with zero attached hydrogens (tertiary/aromatic N) is 1. The molecule has 0 radical (unpaired) electrons. The lowest BCUT2D eigenvalue weighted by Gasteiger charge is -2.07. The number of ether oxygens (including phenoxy) is 1. The summed E-state index contributed by atoms with van der Waals surface area (Å²) >= 11 is 3.10. The van der Waals surface area contributed by atoms with Crippen LogP contribution in [0.2, 0.25) is 0 Å². The molecule has 0 saturated heterocycles. The summed E-state index contributed by atoms with van der Waals surface area (Å²) in [6, 6.07) is 0. The van der Waals surface area contributed by atoms with Crippen molar-refractivity contribution in [3.8, 4) is 0 Å². The molecule has 0 fully saturated rings. The van der Waals surface area contributed by atoms with E-state index in [0.29, 0.717) is 16.5 Å². The van der Waals surface area contributed by atoms with Gasteiger partial charge in [-0.3, -0.25) is 4.79 Å². The van der Waals surface area contributed by atoms with Crippen molar-refractivity contribution in [2.24, 2.45) is 0 Å². The first-order valence-electron chi connectivity index (χ1n) is 8.96. The van der Waals surface area contributed by atoms with E-state index in [2.05, 4.69) is 24.1 Å². The van der Waals surface area contributed by atoms with Gasteiger partial charge in [-0.15, -0.1) is 22.7 Å². The second-order valence-electron chi connectivity index (χ2n) is 6.82. The van der Waals surface area contributed by atoms with Crippen molar-refractivity contribution in [3.05, 3.63) is 32.1 Å². The van der Waals surface area contributed by atoms with Gasteiger partial charge >= 0.3 is 5.97 Å². The van der Waals surface area contributed by atoms with Crippen LogP contribution in [-0.4, -0.2) is 24.0 Å². The molecule has 2 aromatic rings. The lowest BCUT2D eigenvalue weighted by atomic mass is 10.1. The first-order chi connectivity index (χ1) is 12.5. The molecule has 1 N–H and O–H groups in total. The van der Waals surface area contributed by atoms with Crippen molar-refractivity contribution < 1.29 is 14.3 Å². The zero-order valence-electron chi connectivity index (χ0n) is 15.4. The highest BCUT2D eigenvalue weighted by molar-refractivity contribution is 7.17. The SMILES string of the molecule is COC(=O)c1c(NC(=O)Cc2csc(C(C)C)n2)sc2c1CCCCC2. The molecule has 3 rings (SSSR count). The summed E-state index contributed by atoms with van der Waals surface area (Å²) in [5.41, 5.74) is 2.38. The Morgan fingerprint density at radius 1 is 1.27 bits per heavy atom. The van der Waals surface area contributed by atoms with Crippen molar-refractivity contribution in [2.45, 2.75) is 58.3 Å². The Kier molecular flexibility index (Phi) is 6.09. The topological polar surface area (TPSA) is 68.3 Å². The van der Waals surface area contributed by atoms with Gasteiger partial charge in [0.05, 0.1) is 29.8 Å². The first-order valence-corrected chi connectivity index (χ1v) is 10.7. The number of rotatable bonds is 5. The molecule has 1 aliphatic carbocycles. The lowest BCUT2D eigenvalue weighted by molar-refractivity contribution is -0.115. The van der Waals surface area contributed by atoms with Crippen LogP contribution in [-0.2, 0) is 28.8 Å². The van der Waals surface area contributed by atoms with Gasteiger partial charge in [0.15, 0.2) is 0 Å². The summed E-state index contributed by atoms with van der Waals surface area (Å²) in [6.07, 6.45) is 5.41. The van der Waals surface area contributed by atoms with Crippen LogP contribution in [0.1, 0.15) is 70.5 Å². The summed E-state index contributed by atoms with van der Waals surface area (Å²) in [7, 11) is 1.39. The summed E-state index contributed by atoms with van der Waals surface area (Å²) in [5, 5.41) is 6.52. The Bertz CT molecular complexity index is 808. The second-order valence-corrected chi connectivity index (χ2v) is 8.81. The number of hydrogen-bond donors (Lipinski definition) is 1. The minimum Gasteiger partial charge on any atom is -0.465 e. The van der Waals surface area contributed by atoms with E-state index in [1.807, 2.05) is 5.38 Å². The van der Waals surface area contributed by atoms with E-state index in [9.17, 15) is 9.59 Å². The largest absolute Gasteiger partial charge is 0.465 e. The molecular formula is C19H24N2O3S2. The minimum atomic E-state index is -0.365. The van der Waals surface area contributed by atoms with Crippen molar-refractivity contribution >= 4 is 39.6 Å². The molecule has 140 valence electrons. The van der Waals surface area contributed by atoms with Crippen molar-refractivity contribution in [3.63, 3.8) is 0 Å². The molecule has 2 aromatic heterocycles. The fourth-order valence-electron chi connectivity index (χ4n) is 3.15. The third-order valence-electron chi connectivity index (χ3n) is 4.47. The van der Waals surface area contributed by atoms with Crippen LogP contribution in [0.5, 0.6) is 0 Å². The normalized spacial score (nSPS) is 14.0. The molecule has 0 spiro atoms. The number of carbonyl (C=O) groups is 2. The number of nitrogens with one attached hydrogen (secondary N) is 1. The van der Waals surface area contributed by atoms with Gasteiger partial charge in [0, 0.05) is 16.2 Å². The number of aryl methyl sites for hydroxylation is 1. The molecule has 7 heteroatoms. The van der Waals surface area contributed by atoms with E-state index < -0.39 is 0 Å². The first kappa shape index (κ1) is 19.0. The van der Waals surface area contributed by atoms with Crippen LogP contribution in [0, 0.1) is 0 Å². The number of anilines is 1. The van der Waals surface area contributed by atoms with Crippen LogP contribution in [0.15, 0.2) is 5.38 Å². The van der Waals surface area contributed by atoms with E-state index in [1.165, 1.54) is 29.7 Å². The molecule has 0 bridgehead atoms. The van der Waals surface area contributed by atoms with Gasteiger partial charge < -0.3 is 10.1 Å². The second kappa shape index (κ2) is 8.31. The highest BCUT2D eigenvalue weighted by Crippen LogP contribution is 2.38. The molecule has 0 unspecified atom stereocenters. The van der Waals surface area contributed by atoms with Crippen LogP contribution in [0.25, 0.3) is 0 Å². The number of carbonyl (C=O) groups excluding carboxylic acids is 2. The van der Waals surface area contributed by atoms with Gasteiger partial charge in [0.2, 0.25) is 5.91 Å². The van der Waals surface area contributed by atoms with Gasteiger partial charge in [0.1, 0.15) is 5.00 Å². The van der Waals surface area contributed by atoms with Gasteiger partial charge in [-0.2, -0.15) is 0 Å². The van der Waals surface area contributed by atoms with E-state index in [0.717, 1.165) is 41.9 Å². The summed E-state index contributed by atoms with van der Waals surface area (Å²) in [6.45, 7) is 4.17. The van der Waals surface area contributed by atoms with Gasteiger partial charge in [-0.25, -0.2) is 9.78 Å². The number of hydrogen-bond acceptors (Lipinski definition) is 6. The molecular weight excluding hydrogens is 368 g/mol. The molecule has 26 heavy (non-hydrogen) atoms. The molecule has 5 nitrogen and oxygen atoms in total. The molecule has 1 aliphatic rings. The fourth-order valence-corrected chi connectivity index (χ4v) is 5.28. The maximum Gasteiger partial charge on any atom is 0.341 e. The third kappa shape index (κ3) is 4.15. The van der Waals surface area contributed by atoms with E-state index in [-0.39, 0.29) is 18.3 Å². The number of fused-ring (bicyclic) bond motifs is 1. The van der Waals surface area contributed by atoms with E-state index >= 15 is 0 Å². The highest BCUT2D eigenvalue weighted by atomic mass is 32.1. The summed E-state index contributed by atoms with van der Waals surface area (Å²) < 4.78 is 4.98. The Hall–Kier alpha value is -1.73. The molecule has 0 aliphatic heterocycles. The van der Waals surface area contributed by atoms with E-state index in [1.54, 1.807) is 11.3 Å². The Morgan fingerprint density at radius 3 is 2.73 bits per heavy atom. The number of amides is 1. The maximum atomic E-state index is 12.5. The van der Waals surface area contributed by atoms with Gasteiger partial charge in [-0.1, -0.05) is 20.3 Å². The van der Waals surface area contributed by atoms with Crippen LogP contribution in [0.4, 0.5) is 5.00 Å². The smallest absolute Gasteiger partial charge is 0.341 e. The third-order valence-corrected chi connectivity index (χ3v) is 6.87. The predicted octanol–water partition coefficient (Wildman–Crippen LogP) is 4.56. The predicted molar refractivity (Wildman–Crippen MR) is 105 cm³/mol. The zero-order valence-corrected chi connectivity index (χ0v) is 17.0. The van der Waals surface area contributed by atoms with Gasteiger partial charge in [-0.05, 0) is 31.2 Å². The summed E-state index contributed by atoms with van der Waals surface area (Å²) in [4.78, 5) is 30.5. The number of esters is 1. The molecule has 0 saturated carbocycles. The Labute approximate surface area is 161 Å². The molecule has 0 aromatic carbocycles. The molecule has 2 heterocycles. The monoisotopic (exact) mass is 392 g/mol. The average Bonchev–Trinajstić information content (AvgIpc) is 3.12. The highest BCUT2D eigenvalue weighted by Gasteiger charge is 2.26. The van der Waals surface area contributed by atoms with Crippen molar-refractivity contribution in [1.82, 2.24) is 4.98 Å². The molecule has 0 atom stereocenters. The van der Waals surface area contributed by atoms with E-state index in [4.69, 9.17) is 4.74 Å². The quantitative estimate of drug-likeness (QED) is 0.598. The Morgan fingerprint density at radius 2 is 2.04 bits per heavy atom. The number of thiazole rings is 1. The maximum absolute atomic E-state index is 12.5. The minimum absolute atomic E-state index is 0.146. The average molecular weight is 393 g/mol. The zero-order chi connectivity index (χ0) is 18.7. The van der Waals surface area contributed by atoms with Crippen LogP contribution >= 0.6 is 22.7 Å². The number of methoxy groups -OCH3 is 1. The fraction of sp³-hybridized carbons (Fsp3) is 0.526. The van der Waals surface area contributed by atoms with Crippen LogP contribution in [0.3, 0.4) is 0 Å². The standard InChI is InChI=1S/C19H24N2O3S2/c1-11(2)17-20-12(10-25-17)9-15(22)21-18-16(19(23)24-3)13-7-5-4-6-8-14(13)26-18/h10-11H,4-9H2,1-3H3,(H,21,22). The number of thiophene rings is 1. The van der Waals surface area contributed by atoms with Crippen molar-refractivity contribution in [2.75, 3.05) is 12.4 Å². The lowest BCUT2D eigenvalue weighted by Crippen LogP contribution is -2.16. The van der Waals surface area contributed by atoms with Gasteiger partial charge in [0.25, 0.3) is 0 Å². The van der Waals surface area contributed by atoms with Crippen molar-refractivity contribution in [1.29, 1.82) is 0 Å². The summed E-state index contributed by atoms with van der Waals surface area (Å²) in [5.74, 6) is -0.154.